The highest BCUT2D eigenvalue weighted by Gasteiger charge is 2.25. The van der Waals surface area contributed by atoms with Crippen molar-refractivity contribution in [3.63, 3.8) is 0 Å². The molecule has 2 aliphatic carbocycles. The molecule has 25 heavy (non-hydrogen) atoms. The lowest BCUT2D eigenvalue weighted by molar-refractivity contribution is 0.315. The Morgan fingerprint density at radius 3 is 1.28 bits per heavy atom. The fourth-order valence-corrected chi connectivity index (χ4v) is 3.54. The van der Waals surface area contributed by atoms with Crippen LogP contribution in [-0.4, -0.2) is 75.2 Å². The standard InChI is InChI=1S/C21H44N4/c1-24(20-10-11-20)18-8-6-16-22-14-4-3-5-15-23-17-7-9-19-25(2)21-12-13-21/h20-23H,3-19H2,1-2H3. The van der Waals surface area contributed by atoms with Crippen molar-refractivity contribution in [2.45, 2.75) is 82.7 Å². The summed E-state index contributed by atoms with van der Waals surface area (Å²) >= 11 is 0. The predicted octanol–water partition coefficient (Wildman–Crippen LogP) is 3.08. The van der Waals surface area contributed by atoms with E-state index < -0.39 is 0 Å². The van der Waals surface area contributed by atoms with E-state index in [0.29, 0.717) is 0 Å². The molecule has 0 aromatic carbocycles. The molecule has 148 valence electrons. The second kappa shape index (κ2) is 13.1. The molecule has 4 nitrogen and oxygen atoms in total. The van der Waals surface area contributed by atoms with Crippen LogP contribution in [-0.2, 0) is 0 Å². The summed E-state index contributed by atoms with van der Waals surface area (Å²) in [6.45, 7) is 7.37. The van der Waals surface area contributed by atoms with E-state index in [9.17, 15) is 0 Å². The number of hydrogen-bond donors (Lipinski definition) is 2. The van der Waals surface area contributed by atoms with Gasteiger partial charge in [-0.15, -0.1) is 0 Å². The highest BCUT2D eigenvalue weighted by atomic mass is 15.2. The largest absolute Gasteiger partial charge is 0.317 e. The van der Waals surface area contributed by atoms with E-state index >= 15 is 0 Å². The molecular weight excluding hydrogens is 308 g/mol. The Morgan fingerprint density at radius 1 is 0.560 bits per heavy atom. The normalized spacial score (nSPS) is 17.8. The van der Waals surface area contributed by atoms with Crippen LogP contribution in [0.1, 0.15) is 70.6 Å². The van der Waals surface area contributed by atoms with E-state index in [1.807, 2.05) is 0 Å². The predicted molar refractivity (Wildman–Crippen MR) is 109 cm³/mol. The highest BCUT2D eigenvalue weighted by molar-refractivity contribution is 4.82. The van der Waals surface area contributed by atoms with Gasteiger partial charge in [-0.25, -0.2) is 0 Å². The minimum absolute atomic E-state index is 0.922. The molecule has 2 rings (SSSR count). The average Bonchev–Trinajstić information content (AvgIpc) is 3.50. The summed E-state index contributed by atoms with van der Waals surface area (Å²) < 4.78 is 0. The van der Waals surface area contributed by atoms with E-state index in [-0.39, 0.29) is 0 Å². The van der Waals surface area contributed by atoms with Crippen LogP contribution in [0.15, 0.2) is 0 Å². The van der Waals surface area contributed by atoms with Gasteiger partial charge in [0.25, 0.3) is 0 Å². The number of hydrogen-bond acceptors (Lipinski definition) is 4. The van der Waals surface area contributed by atoms with Gasteiger partial charge in [0.2, 0.25) is 0 Å². The molecule has 0 bridgehead atoms. The maximum atomic E-state index is 3.60. The third-order valence-corrected chi connectivity index (χ3v) is 5.78. The molecule has 0 aromatic rings. The Hall–Kier alpha value is -0.160. The minimum Gasteiger partial charge on any atom is -0.317 e. The van der Waals surface area contributed by atoms with Crippen molar-refractivity contribution in [2.24, 2.45) is 0 Å². The Bertz CT molecular complexity index is 285. The van der Waals surface area contributed by atoms with Crippen LogP contribution in [0.3, 0.4) is 0 Å². The second-order valence-electron chi connectivity index (χ2n) is 8.40. The Kier molecular flexibility index (Phi) is 11.1. The summed E-state index contributed by atoms with van der Waals surface area (Å²) in [5.74, 6) is 0. The van der Waals surface area contributed by atoms with Gasteiger partial charge < -0.3 is 20.4 Å². The average molecular weight is 353 g/mol. The molecule has 2 aliphatic rings. The lowest BCUT2D eigenvalue weighted by Gasteiger charge is -2.15. The maximum absolute atomic E-state index is 3.60. The Balaban J connectivity index is 1.20. The molecule has 0 heterocycles. The van der Waals surface area contributed by atoms with Crippen molar-refractivity contribution in [3.05, 3.63) is 0 Å². The van der Waals surface area contributed by atoms with E-state index in [2.05, 4.69) is 34.5 Å². The van der Waals surface area contributed by atoms with E-state index in [0.717, 1.165) is 12.1 Å². The van der Waals surface area contributed by atoms with Gasteiger partial charge in [-0.2, -0.15) is 0 Å². The van der Waals surface area contributed by atoms with Crippen molar-refractivity contribution in [2.75, 3.05) is 53.4 Å². The second-order valence-corrected chi connectivity index (χ2v) is 8.40. The molecule has 4 heteroatoms. The molecule has 0 radical (unpaired) electrons. The van der Waals surface area contributed by atoms with Crippen molar-refractivity contribution in [1.29, 1.82) is 0 Å². The van der Waals surface area contributed by atoms with Crippen LogP contribution in [0.4, 0.5) is 0 Å². The first-order valence-corrected chi connectivity index (χ1v) is 11.1. The van der Waals surface area contributed by atoms with Crippen LogP contribution in [0, 0.1) is 0 Å². The Morgan fingerprint density at radius 2 is 0.920 bits per heavy atom. The maximum Gasteiger partial charge on any atom is 0.00933 e. The van der Waals surface area contributed by atoms with Gasteiger partial charge in [-0.3, -0.25) is 0 Å². The molecule has 0 amide bonds. The zero-order chi connectivity index (χ0) is 17.7. The lowest BCUT2D eigenvalue weighted by Crippen LogP contribution is -2.24. The molecular formula is C21H44N4. The zero-order valence-corrected chi connectivity index (χ0v) is 17.1. The summed E-state index contributed by atoms with van der Waals surface area (Å²) in [4.78, 5) is 5.08. The van der Waals surface area contributed by atoms with Crippen LogP contribution < -0.4 is 10.6 Å². The molecule has 0 aliphatic heterocycles. The minimum atomic E-state index is 0.922. The zero-order valence-electron chi connectivity index (χ0n) is 17.1. The summed E-state index contributed by atoms with van der Waals surface area (Å²) in [7, 11) is 4.57. The molecule has 0 saturated heterocycles. The molecule has 0 aromatic heterocycles. The molecule has 0 unspecified atom stereocenters. The van der Waals surface area contributed by atoms with Crippen molar-refractivity contribution in [3.8, 4) is 0 Å². The van der Waals surface area contributed by atoms with Gasteiger partial charge in [-0.1, -0.05) is 6.42 Å². The third-order valence-electron chi connectivity index (χ3n) is 5.78. The fourth-order valence-electron chi connectivity index (χ4n) is 3.54. The molecule has 0 atom stereocenters. The summed E-state index contributed by atoms with van der Waals surface area (Å²) in [5.41, 5.74) is 0. The summed E-state index contributed by atoms with van der Waals surface area (Å²) in [5, 5.41) is 7.21. The van der Waals surface area contributed by atoms with Crippen molar-refractivity contribution < 1.29 is 0 Å². The SMILES string of the molecule is CN(CCCCNCCCCCNCCCCN(C)C1CC1)C1CC1. The Labute approximate surface area is 157 Å². The number of nitrogens with zero attached hydrogens (tertiary/aromatic N) is 2. The molecule has 2 N–H and O–H groups in total. The van der Waals surface area contributed by atoms with E-state index in [1.165, 1.54) is 110 Å². The number of nitrogens with one attached hydrogen (secondary N) is 2. The molecule has 0 spiro atoms. The van der Waals surface area contributed by atoms with E-state index in [1.54, 1.807) is 0 Å². The van der Waals surface area contributed by atoms with Crippen LogP contribution >= 0.6 is 0 Å². The van der Waals surface area contributed by atoms with Gasteiger partial charge in [0.05, 0.1) is 0 Å². The van der Waals surface area contributed by atoms with Gasteiger partial charge in [0.15, 0.2) is 0 Å². The lowest BCUT2D eigenvalue weighted by atomic mass is 10.2. The van der Waals surface area contributed by atoms with Gasteiger partial charge in [-0.05, 0) is 118 Å². The smallest absolute Gasteiger partial charge is 0.00933 e. The van der Waals surface area contributed by atoms with Gasteiger partial charge in [0.1, 0.15) is 0 Å². The van der Waals surface area contributed by atoms with Crippen LogP contribution in [0.25, 0.3) is 0 Å². The first-order chi connectivity index (χ1) is 12.3. The first-order valence-electron chi connectivity index (χ1n) is 11.1. The van der Waals surface area contributed by atoms with Crippen LogP contribution in [0.2, 0.25) is 0 Å². The summed E-state index contributed by atoms with van der Waals surface area (Å²) in [6, 6.07) is 1.84. The van der Waals surface area contributed by atoms with Crippen molar-refractivity contribution >= 4 is 0 Å². The quantitative estimate of drug-likeness (QED) is 0.371. The van der Waals surface area contributed by atoms with E-state index in [4.69, 9.17) is 0 Å². The topological polar surface area (TPSA) is 30.5 Å². The first kappa shape index (κ1) is 21.1. The fraction of sp³-hybridized carbons (Fsp3) is 1.00. The number of unbranched alkanes of at least 4 members (excludes halogenated alkanes) is 4. The third kappa shape index (κ3) is 11.2. The van der Waals surface area contributed by atoms with Crippen LogP contribution in [0.5, 0.6) is 0 Å². The number of rotatable bonds is 18. The highest BCUT2D eigenvalue weighted by Crippen LogP contribution is 2.25. The van der Waals surface area contributed by atoms with Gasteiger partial charge in [0, 0.05) is 12.1 Å². The van der Waals surface area contributed by atoms with Crippen molar-refractivity contribution in [1.82, 2.24) is 20.4 Å². The van der Waals surface area contributed by atoms with Gasteiger partial charge >= 0.3 is 0 Å². The molecule has 2 saturated carbocycles. The summed E-state index contributed by atoms with van der Waals surface area (Å²) in [6.07, 6.45) is 15.1. The monoisotopic (exact) mass is 352 g/mol. The molecule has 2 fully saturated rings.